The van der Waals surface area contributed by atoms with Crippen LogP contribution in [0.15, 0.2) is 60.7 Å². The van der Waals surface area contributed by atoms with E-state index < -0.39 is 30.7 Å². The maximum Gasteiger partial charge on any atom is 0.184 e. The maximum absolute atomic E-state index is 10.6. The standard InChI is InChI=1S/C20H24O5/c1-14-18(23-12-15-8-4-2-5-9-15)17(21)19(20(22)25-14)24-13-16-10-6-3-7-11-16/h2-11,14,17-22H,12-13H2,1H3. The van der Waals surface area contributed by atoms with Gasteiger partial charge in [-0.15, -0.1) is 0 Å². The highest BCUT2D eigenvalue weighted by atomic mass is 16.7. The van der Waals surface area contributed by atoms with Crippen LogP contribution in [-0.2, 0) is 27.4 Å². The first-order chi connectivity index (χ1) is 12.1. The number of rotatable bonds is 6. The molecular weight excluding hydrogens is 320 g/mol. The summed E-state index contributed by atoms with van der Waals surface area (Å²) in [5.41, 5.74) is 1.97. The smallest absolute Gasteiger partial charge is 0.184 e. The quantitative estimate of drug-likeness (QED) is 0.841. The molecule has 0 amide bonds. The van der Waals surface area contributed by atoms with Crippen LogP contribution in [0.25, 0.3) is 0 Å². The van der Waals surface area contributed by atoms with E-state index in [4.69, 9.17) is 14.2 Å². The highest BCUT2D eigenvalue weighted by molar-refractivity contribution is 5.14. The van der Waals surface area contributed by atoms with E-state index in [0.717, 1.165) is 11.1 Å². The van der Waals surface area contributed by atoms with Crippen molar-refractivity contribution in [2.75, 3.05) is 0 Å². The molecule has 1 aliphatic rings. The third-order valence-corrected chi connectivity index (χ3v) is 4.34. The molecule has 0 aromatic heterocycles. The van der Waals surface area contributed by atoms with Gasteiger partial charge in [-0.05, 0) is 18.1 Å². The predicted octanol–water partition coefficient (Wildman–Crippen LogP) is 2.26. The summed E-state index contributed by atoms with van der Waals surface area (Å²) in [6.45, 7) is 2.41. The molecule has 1 fully saturated rings. The molecule has 0 radical (unpaired) electrons. The van der Waals surface area contributed by atoms with Gasteiger partial charge in [-0.25, -0.2) is 0 Å². The first-order valence-corrected chi connectivity index (χ1v) is 8.48. The molecule has 2 aromatic rings. The topological polar surface area (TPSA) is 68.2 Å². The van der Waals surface area contributed by atoms with Gasteiger partial charge in [-0.2, -0.15) is 0 Å². The fourth-order valence-electron chi connectivity index (χ4n) is 2.96. The van der Waals surface area contributed by atoms with E-state index in [9.17, 15) is 10.2 Å². The zero-order valence-electron chi connectivity index (χ0n) is 14.2. The van der Waals surface area contributed by atoms with Gasteiger partial charge in [0.25, 0.3) is 0 Å². The zero-order valence-corrected chi connectivity index (χ0v) is 14.2. The first kappa shape index (κ1) is 18.0. The second-order valence-corrected chi connectivity index (χ2v) is 6.24. The number of hydrogen-bond donors (Lipinski definition) is 2. The molecule has 5 heteroatoms. The van der Waals surface area contributed by atoms with Crippen molar-refractivity contribution in [3.05, 3.63) is 71.8 Å². The summed E-state index contributed by atoms with van der Waals surface area (Å²) in [6.07, 6.45) is -4.05. The average Bonchev–Trinajstić information content (AvgIpc) is 2.63. The van der Waals surface area contributed by atoms with E-state index in [1.807, 2.05) is 60.7 Å². The summed E-state index contributed by atoms with van der Waals surface area (Å²) >= 11 is 0. The van der Waals surface area contributed by atoms with Crippen molar-refractivity contribution < 1.29 is 24.4 Å². The molecule has 5 unspecified atom stereocenters. The third kappa shape index (κ3) is 4.66. The van der Waals surface area contributed by atoms with Crippen LogP contribution in [0.3, 0.4) is 0 Å². The Morgan fingerprint density at radius 2 is 1.28 bits per heavy atom. The molecule has 134 valence electrons. The minimum Gasteiger partial charge on any atom is -0.387 e. The minimum absolute atomic E-state index is 0.281. The molecule has 25 heavy (non-hydrogen) atoms. The Hall–Kier alpha value is -1.76. The molecule has 2 aromatic carbocycles. The lowest BCUT2D eigenvalue weighted by Gasteiger charge is -2.41. The Labute approximate surface area is 147 Å². The van der Waals surface area contributed by atoms with Crippen LogP contribution in [0.4, 0.5) is 0 Å². The Morgan fingerprint density at radius 1 is 0.800 bits per heavy atom. The molecule has 1 aliphatic heterocycles. The number of aliphatic hydroxyl groups is 2. The van der Waals surface area contributed by atoms with E-state index in [1.54, 1.807) is 6.92 Å². The van der Waals surface area contributed by atoms with Crippen LogP contribution >= 0.6 is 0 Å². The molecule has 0 aliphatic carbocycles. The SMILES string of the molecule is CC1OC(O)C(OCc2ccccc2)C(O)C1OCc1ccccc1. The second kappa shape index (κ2) is 8.56. The molecule has 2 N–H and O–H groups in total. The fourth-order valence-corrected chi connectivity index (χ4v) is 2.96. The monoisotopic (exact) mass is 344 g/mol. The summed E-state index contributed by atoms with van der Waals surface area (Å²) < 4.78 is 17.1. The van der Waals surface area contributed by atoms with E-state index in [2.05, 4.69) is 0 Å². The Morgan fingerprint density at radius 3 is 1.80 bits per heavy atom. The highest BCUT2D eigenvalue weighted by Crippen LogP contribution is 2.26. The van der Waals surface area contributed by atoms with Gasteiger partial charge in [0.1, 0.15) is 18.3 Å². The molecule has 0 saturated carbocycles. The summed E-state index contributed by atoms with van der Waals surface area (Å²) in [5, 5.41) is 20.8. The highest BCUT2D eigenvalue weighted by Gasteiger charge is 2.44. The molecule has 0 spiro atoms. The molecule has 5 nitrogen and oxygen atoms in total. The number of ether oxygens (including phenoxy) is 3. The average molecular weight is 344 g/mol. The molecular formula is C20H24O5. The Bertz CT molecular complexity index is 578. The summed E-state index contributed by atoms with van der Waals surface area (Å²) in [5.74, 6) is 0. The van der Waals surface area contributed by atoms with Crippen LogP contribution < -0.4 is 0 Å². The van der Waals surface area contributed by atoms with E-state index in [-0.39, 0.29) is 6.61 Å². The Kier molecular flexibility index (Phi) is 6.18. The summed E-state index contributed by atoms with van der Waals surface area (Å²) in [7, 11) is 0. The van der Waals surface area contributed by atoms with Crippen LogP contribution in [-0.4, -0.2) is 40.9 Å². The largest absolute Gasteiger partial charge is 0.387 e. The molecule has 1 saturated heterocycles. The second-order valence-electron chi connectivity index (χ2n) is 6.24. The van der Waals surface area contributed by atoms with Crippen molar-refractivity contribution in [3.63, 3.8) is 0 Å². The van der Waals surface area contributed by atoms with Crippen molar-refractivity contribution in [1.29, 1.82) is 0 Å². The summed E-state index contributed by atoms with van der Waals surface area (Å²) in [6, 6.07) is 19.3. The molecule has 1 heterocycles. The van der Waals surface area contributed by atoms with Crippen molar-refractivity contribution in [1.82, 2.24) is 0 Å². The first-order valence-electron chi connectivity index (χ1n) is 8.48. The van der Waals surface area contributed by atoms with E-state index in [1.165, 1.54) is 0 Å². The molecule has 5 atom stereocenters. The lowest BCUT2D eigenvalue weighted by atomic mass is 9.99. The predicted molar refractivity (Wildman–Crippen MR) is 92.6 cm³/mol. The molecule has 0 bridgehead atoms. The van der Waals surface area contributed by atoms with Crippen LogP contribution in [0.1, 0.15) is 18.1 Å². The summed E-state index contributed by atoms with van der Waals surface area (Å²) in [4.78, 5) is 0. The van der Waals surface area contributed by atoms with Gasteiger partial charge >= 0.3 is 0 Å². The van der Waals surface area contributed by atoms with Crippen LogP contribution in [0, 0.1) is 0 Å². The van der Waals surface area contributed by atoms with Gasteiger partial charge in [0.15, 0.2) is 6.29 Å². The van der Waals surface area contributed by atoms with E-state index >= 15 is 0 Å². The van der Waals surface area contributed by atoms with Gasteiger partial charge in [0, 0.05) is 0 Å². The number of benzene rings is 2. The molecule has 3 rings (SSSR count). The normalized spacial score (nSPS) is 29.5. The Balaban J connectivity index is 1.61. The van der Waals surface area contributed by atoms with Crippen molar-refractivity contribution in [2.24, 2.45) is 0 Å². The van der Waals surface area contributed by atoms with Gasteiger partial charge in [-0.1, -0.05) is 60.7 Å². The maximum atomic E-state index is 10.6. The van der Waals surface area contributed by atoms with Gasteiger partial charge in [-0.3, -0.25) is 0 Å². The van der Waals surface area contributed by atoms with Gasteiger partial charge < -0.3 is 24.4 Å². The number of aliphatic hydroxyl groups excluding tert-OH is 2. The lowest BCUT2D eigenvalue weighted by Crippen LogP contribution is -2.58. The van der Waals surface area contributed by atoms with Crippen LogP contribution in [0.2, 0.25) is 0 Å². The van der Waals surface area contributed by atoms with Crippen molar-refractivity contribution in [2.45, 2.75) is 50.8 Å². The van der Waals surface area contributed by atoms with Gasteiger partial charge in [0.05, 0.1) is 19.3 Å². The number of hydrogen-bond acceptors (Lipinski definition) is 5. The van der Waals surface area contributed by atoms with Crippen molar-refractivity contribution >= 4 is 0 Å². The minimum atomic E-state index is -1.19. The zero-order chi connectivity index (χ0) is 17.6. The van der Waals surface area contributed by atoms with Crippen molar-refractivity contribution in [3.8, 4) is 0 Å². The van der Waals surface area contributed by atoms with Gasteiger partial charge in [0.2, 0.25) is 0 Å². The fraction of sp³-hybridized carbons (Fsp3) is 0.400. The lowest BCUT2D eigenvalue weighted by molar-refractivity contribution is -0.298. The van der Waals surface area contributed by atoms with E-state index in [0.29, 0.717) is 6.61 Å². The third-order valence-electron chi connectivity index (χ3n) is 4.34. The van der Waals surface area contributed by atoms with Crippen LogP contribution in [0.5, 0.6) is 0 Å².